The van der Waals surface area contributed by atoms with Gasteiger partial charge in [0, 0.05) is 5.92 Å². The average molecular weight is 259 g/mol. The molecule has 0 heterocycles. The van der Waals surface area contributed by atoms with E-state index >= 15 is 0 Å². The van der Waals surface area contributed by atoms with E-state index in [9.17, 15) is 18.0 Å². The second kappa shape index (κ2) is 5.89. The number of alkyl halides is 3. The van der Waals surface area contributed by atoms with Gasteiger partial charge in [0.2, 0.25) is 5.91 Å². The summed E-state index contributed by atoms with van der Waals surface area (Å²) in [5.74, 6) is -0.826. The molecule has 0 radical (unpaired) electrons. The van der Waals surface area contributed by atoms with Crippen molar-refractivity contribution < 1.29 is 18.0 Å². The van der Waals surface area contributed by atoms with E-state index in [-0.39, 0.29) is 17.9 Å². The lowest BCUT2D eigenvalue weighted by Crippen LogP contribution is -2.23. The van der Waals surface area contributed by atoms with Crippen molar-refractivity contribution in [2.24, 2.45) is 11.7 Å². The Balaban J connectivity index is 2.82. The van der Waals surface area contributed by atoms with Gasteiger partial charge in [0.15, 0.2) is 0 Å². The van der Waals surface area contributed by atoms with Gasteiger partial charge in [-0.3, -0.25) is 4.79 Å². The molecule has 1 atom stereocenters. The second-order valence-electron chi connectivity index (χ2n) is 4.20. The summed E-state index contributed by atoms with van der Waals surface area (Å²) in [6.07, 6.45) is -3.26. The molecule has 100 valence electrons. The Bertz CT molecular complexity index is 415. The van der Waals surface area contributed by atoms with Gasteiger partial charge in [-0.2, -0.15) is 13.2 Å². The molecule has 2 N–H and O–H groups in total. The molecular weight excluding hydrogens is 243 g/mol. The third-order valence-electron chi connectivity index (χ3n) is 2.98. The summed E-state index contributed by atoms with van der Waals surface area (Å²) in [6, 6.07) is 5.42. The molecule has 0 fully saturated rings. The Hall–Kier alpha value is -1.52. The highest BCUT2D eigenvalue weighted by atomic mass is 19.4. The first-order valence-electron chi connectivity index (χ1n) is 5.80. The van der Waals surface area contributed by atoms with Crippen LogP contribution < -0.4 is 5.73 Å². The van der Waals surface area contributed by atoms with E-state index in [0.29, 0.717) is 12.8 Å². The standard InChI is InChI=1S/C13H16F3NO/c1-2-9(12(17)18)7-8-10-5-3-4-6-11(10)13(14,15)16/h3-6,9H,2,7-8H2,1H3,(H2,17,18). The van der Waals surface area contributed by atoms with Crippen LogP contribution in [-0.4, -0.2) is 5.91 Å². The van der Waals surface area contributed by atoms with E-state index < -0.39 is 17.6 Å². The van der Waals surface area contributed by atoms with Crippen LogP contribution in [-0.2, 0) is 17.4 Å². The van der Waals surface area contributed by atoms with Crippen molar-refractivity contribution in [3.05, 3.63) is 35.4 Å². The minimum Gasteiger partial charge on any atom is -0.369 e. The molecule has 1 aromatic carbocycles. The first kappa shape index (κ1) is 14.5. The van der Waals surface area contributed by atoms with Crippen molar-refractivity contribution in [3.63, 3.8) is 0 Å². The third-order valence-corrected chi connectivity index (χ3v) is 2.98. The number of primary amides is 1. The summed E-state index contributed by atoms with van der Waals surface area (Å²) in [5, 5.41) is 0. The van der Waals surface area contributed by atoms with Gasteiger partial charge in [0.25, 0.3) is 0 Å². The molecule has 0 bridgehead atoms. The lowest BCUT2D eigenvalue weighted by molar-refractivity contribution is -0.138. The number of hydrogen-bond acceptors (Lipinski definition) is 1. The number of amides is 1. The largest absolute Gasteiger partial charge is 0.416 e. The number of hydrogen-bond donors (Lipinski definition) is 1. The van der Waals surface area contributed by atoms with Crippen LogP contribution in [0.2, 0.25) is 0 Å². The fraction of sp³-hybridized carbons (Fsp3) is 0.462. The second-order valence-corrected chi connectivity index (χ2v) is 4.20. The van der Waals surface area contributed by atoms with E-state index in [2.05, 4.69) is 0 Å². The van der Waals surface area contributed by atoms with Crippen LogP contribution in [0.4, 0.5) is 13.2 Å². The first-order chi connectivity index (χ1) is 8.36. The summed E-state index contributed by atoms with van der Waals surface area (Å²) in [6.45, 7) is 1.80. The molecule has 0 aliphatic rings. The molecule has 0 aromatic heterocycles. The normalized spacial score (nSPS) is 13.3. The van der Waals surface area contributed by atoms with Crippen molar-refractivity contribution in [1.29, 1.82) is 0 Å². The molecule has 0 aliphatic heterocycles. The minimum atomic E-state index is -4.36. The molecule has 18 heavy (non-hydrogen) atoms. The number of benzene rings is 1. The molecule has 0 aliphatic carbocycles. The van der Waals surface area contributed by atoms with Gasteiger partial charge in [-0.15, -0.1) is 0 Å². The van der Waals surface area contributed by atoms with Gasteiger partial charge < -0.3 is 5.73 Å². The molecule has 1 rings (SSSR count). The summed E-state index contributed by atoms with van der Waals surface area (Å²) in [7, 11) is 0. The van der Waals surface area contributed by atoms with Crippen LogP contribution in [0.25, 0.3) is 0 Å². The predicted molar refractivity (Wildman–Crippen MR) is 62.7 cm³/mol. The molecule has 1 aromatic rings. The maximum Gasteiger partial charge on any atom is 0.416 e. The Morgan fingerprint density at radius 2 is 1.94 bits per heavy atom. The number of halogens is 3. The smallest absolute Gasteiger partial charge is 0.369 e. The van der Waals surface area contributed by atoms with Gasteiger partial charge >= 0.3 is 6.18 Å². The van der Waals surface area contributed by atoms with Crippen LogP contribution in [0.15, 0.2) is 24.3 Å². The molecule has 0 saturated heterocycles. The van der Waals surface area contributed by atoms with Gasteiger partial charge in [-0.25, -0.2) is 0 Å². The molecule has 0 spiro atoms. The molecule has 0 saturated carbocycles. The third kappa shape index (κ3) is 3.75. The highest BCUT2D eigenvalue weighted by Gasteiger charge is 2.32. The molecule has 2 nitrogen and oxygen atoms in total. The number of rotatable bonds is 5. The van der Waals surface area contributed by atoms with Gasteiger partial charge in [0.1, 0.15) is 0 Å². The molecule has 1 amide bonds. The van der Waals surface area contributed by atoms with Crippen LogP contribution in [0.3, 0.4) is 0 Å². The Labute approximate surface area is 104 Å². The number of aryl methyl sites for hydroxylation is 1. The maximum absolute atomic E-state index is 12.7. The molecule has 1 unspecified atom stereocenters. The highest BCUT2D eigenvalue weighted by Crippen LogP contribution is 2.32. The van der Waals surface area contributed by atoms with E-state index in [1.54, 1.807) is 13.0 Å². The van der Waals surface area contributed by atoms with E-state index in [1.807, 2.05) is 0 Å². The van der Waals surface area contributed by atoms with Crippen molar-refractivity contribution in [2.75, 3.05) is 0 Å². The maximum atomic E-state index is 12.7. The molecule has 5 heteroatoms. The predicted octanol–water partition coefficient (Wildman–Crippen LogP) is 3.15. The van der Waals surface area contributed by atoms with Crippen molar-refractivity contribution in [1.82, 2.24) is 0 Å². The fourth-order valence-electron chi connectivity index (χ4n) is 1.89. The number of carbonyl (C=O) groups excluding carboxylic acids is 1. The Kier molecular flexibility index (Phi) is 4.76. The monoisotopic (exact) mass is 259 g/mol. The van der Waals surface area contributed by atoms with Crippen molar-refractivity contribution in [2.45, 2.75) is 32.4 Å². The van der Waals surface area contributed by atoms with E-state index in [4.69, 9.17) is 5.73 Å². The highest BCUT2D eigenvalue weighted by molar-refractivity contribution is 5.76. The number of nitrogens with two attached hydrogens (primary N) is 1. The average Bonchev–Trinajstić information content (AvgIpc) is 2.28. The minimum absolute atomic E-state index is 0.205. The van der Waals surface area contributed by atoms with E-state index in [1.165, 1.54) is 12.1 Å². The lowest BCUT2D eigenvalue weighted by atomic mass is 9.94. The van der Waals surface area contributed by atoms with Gasteiger partial charge in [-0.05, 0) is 30.9 Å². The first-order valence-corrected chi connectivity index (χ1v) is 5.80. The van der Waals surface area contributed by atoms with Crippen LogP contribution in [0, 0.1) is 5.92 Å². The zero-order valence-electron chi connectivity index (χ0n) is 10.1. The van der Waals surface area contributed by atoms with Gasteiger partial charge in [-0.1, -0.05) is 25.1 Å². The summed E-state index contributed by atoms with van der Waals surface area (Å²) >= 11 is 0. The van der Waals surface area contributed by atoms with Crippen molar-refractivity contribution >= 4 is 5.91 Å². The van der Waals surface area contributed by atoms with E-state index in [0.717, 1.165) is 6.07 Å². The molecular formula is C13H16F3NO. The topological polar surface area (TPSA) is 43.1 Å². The number of carbonyl (C=O) groups is 1. The fourth-order valence-corrected chi connectivity index (χ4v) is 1.89. The zero-order valence-corrected chi connectivity index (χ0v) is 10.1. The van der Waals surface area contributed by atoms with Crippen LogP contribution >= 0.6 is 0 Å². The van der Waals surface area contributed by atoms with Gasteiger partial charge in [0.05, 0.1) is 5.56 Å². The van der Waals surface area contributed by atoms with Crippen LogP contribution in [0.1, 0.15) is 30.9 Å². The van der Waals surface area contributed by atoms with Crippen molar-refractivity contribution in [3.8, 4) is 0 Å². The SMILES string of the molecule is CCC(CCc1ccccc1C(F)(F)F)C(N)=O. The summed E-state index contributed by atoms with van der Waals surface area (Å²) in [5.41, 5.74) is 4.75. The summed E-state index contributed by atoms with van der Waals surface area (Å²) < 4.78 is 38.2. The summed E-state index contributed by atoms with van der Waals surface area (Å²) in [4.78, 5) is 11.0. The quantitative estimate of drug-likeness (QED) is 0.867. The lowest BCUT2D eigenvalue weighted by Gasteiger charge is -2.15. The zero-order chi connectivity index (χ0) is 13.8. The Morgan fingerprint density at radius 3 is 2.44 bits per heavy atom. The Morgan fingerprint density at radius 1 is 1.33 bits per heavy atom. The van der Waals surface area contributed by atoms with Crippen LogP contribution in [0.5, 0.6) is 0 Å².